The van der Waals surface area contributed by atoms with E-state index in [1.165, 1.54) is 17.0 Å². The van der Waals surface area contributed by atoms with Gasteiger partial charge in [-0.05, 0) is 60.4 Å². The first-order valence-electron chi connectivity index (χ1n) is 10.9. The van der Waals surface area contributed by atoms with Crippen molar-refractivity contribution in [1.82, 2.24) is 9.88 Å². The summed E-state index contributed by atoms with van der Waals surface area (Å²) in [7, 11) is 0. The summed E-state index contributed by atoms with van der Waals surface area (Å²) in [4.78, 5) is 33.9. The van der Waals surface area contributed by atoms with Crippen molar-refractivity contribution in [2.45, 2.75) is 39.5 Å². The molecule has 1 atom stereocenters. The molecule has 2 amide bonds. The lowest BCUT2D eigenvalue weighted by Crippen LogP contribution is -2.50. The van der Waals surface area contributed by atoms with Crippen molar-refractivity contribution >= 4 is 17.5 Å². The monoisotopic (exact) mass is 447 g/mol. The second kappa shape index (κ2) is 9.81. The highest BCUT2D eigenvalue weighted by atomic mass is 19.1. The van der Waals surface area contributed by atoms with Gasteiger partial charge in [0.1, 0.15) is 18.1 Å². The topological polar surface area (TPSA) is 62.7 Å². The average molecular weight is 448 g/mol. The molecule has 2 aromatic carbocycles. The first-order valence-corrected chi connectivity index (χ1v) is 10.9. The number of carbonyl (C=O) groups excluding carboxylic acids is 2. The Balaban J connectivity index is 1.63. The Kier molecular flexibility index (Phi) is 6.68. The Morgan fingerprint density at radius 3 is 2.64 bits per heavy atom. The number of hydrogen-bond donors (Lipinski definition) is 0. The van der Waals surface area contributed by atoms with Crippen LogP contribution in [0.3, 0.4) is 0 Å². The van der Waals surface area contributed by atoms with E-state index in [0.717, 1.165) is 11.1 Å². The van der Waals surface area contributed by atoms with Crippen molar-refractivity contribution < 1.29 is 18.7 Å². The molecule has 6 nitrogen and oxygen atoms in total. The van der Waals surface area contributed by atoms with Gasteiger partial charge in [0.15, 0.2) is 6.10 Å². The molecule has 0 saturated heterocycles. The third kappa shape index (κ3) is 5.19. The van der Waals surface area contributed by atoms with E-state index in [1.807, 2.05) is 38.1 Å². The minimum absolute atomic E-state index is 0.134. The van der Waals surface area contributed by atoms with E-state index in [9.17, 15) is 14.0 Å². The number of benzene rings is 2. The molecule has 0 radical (unpaired) electrons. The van der Waals surface area contributed by atoms with Crippen LogP contribution in [0.5, 0.6) is 5.75 Å². The summed E-state index contributed by atoms with van der Waals surface area (Å²) >= 11 is 0. The molecule has 0 aliphatic carbocycles. The van der Waals surface area contributed by atoms with Crippen molar-refractivity contribution in [2.24, 2.45) is 0 Å². The van der Waals surface area contributed by atoms with Crippen LogP contribution >= 0.6 is 0 Å². The van der Waals surface area contributed by atoms with E-state index in [0.29, 0.717) is 30.0 Å². The number of carbonyl (C=O) groups is 2. The van der Waals surface area contributed by atoms with Gasteiger partial charge in [-0.2, -0.15) is 0 Å². The van der Waals surface area contributed by atoms with Gasteiger partial charge in [-0.1, -0.05) is 31.2 Å². The van der Waals surface area contributed by atoms with Crippen LogP contribution in [0.1, 0.15) is 30.0 Å². The van der Waals surface area contributed by atoms with Gasteiger partial charge in [0.2, 0.25) is 5.91 Å². The van der Waals surface area contributed by atoms with Crippen molar-refractivity contribution in [1.29, 1.82) is 0 Å². The fourth-order valence-electron chi connectivity index (χ4n) is 3.89. The van der Waals surface area contributed by atoms with Crippen LogP contribution < -0.4 is 9.64 Å². The molecular weight excluding hydrogens is 421 g/mol. The molecule has 33 heavy (non-hydrogen) atoms. The molecule has 0 N–H and O–H groups in total. The zero-order chi connectivity index (χ0) is 23.4. The number of nitrogens with zero attached hydrogens (tertiary/aromatic N) is 3. The number of aryl methyl sites for hydroxylation is 1. The molecule has 170 valence electrons. The van der Waals surface area contributed by atoms with Crippen molar-refractivity contribution in [3.05, 3.63) is 89.5 Å². The van der Waals surface area contributed by atoms with Crippen LogP contribution in [-0.4, -0.2) is 34.3 Å². The number of fused-ring (bicyclic) bond motifs is 1. The lowest BCUT2D eigenvalue weighted by Gasteiger charge is -2.35. The molecule has 4 rings (SSSR count). The highest BCUT2D eigenvalue weighted by molar-refractivity contribution is 6.03. The van der Waals surface area contributed by atoms with E-state index in [2.05, 4.69) is 4.98 Å². The van der Waals surface area contributed by atoms with Crippen LogP contribution in [0.2, 0.25) is 0 Å². The third-order valence-electron chi connectivity index (χ3n) is 5.59. The van der Waals surface area contributed by atoms with Gasteiger partial charge in [-0.15, -0.1) is 0 Å². The molecule has 3 aromatic rings. The second-order valence-electron chi connectivity index (χ2n) is 8.15. The van der Waals surface area contributed by atoms with Gasteiger partial charge in [-0.25, -0.2) is 4.39 Å². The first kappa shape index (κ1) is 22.5. The summed E-state index contributed by atoms with van der Waals surface area (Å²) in [5.74, 6) is -0.264. The van der Waals surface area contributed by atoms with Gasteiger partial charge >= 0.3 is 0 Å². The quantitative estimate of drug-likeness (QED) is 0.543. The largest absolute Gasteiger partial charge is 0.478 e. The molecule has 1 aliphatic heterocycles. The molecule has 2 heterocycles. The smallest absolute Gasteiger partial charge is 0.268 e. The maximum atomic E-state index is 13.8. The third-order valence-corrected chi connectivity index (χ3v) is 5.59. The molecule has 7 heteroatoms. The van der Waals surface area contributed by atoms with Crippen LogP contribution in [0.15, 0.2) is 67.0 Å². The normalized spacial score (nSPS) is 15.1. The Bertz CT molecular complexity index is 1150. The minimum atomic E-state index is -0.636. The van der Waals surface area contributed by atoms with Gasteiger partial charge in [0.25, 0.3) is 5.91 Å². The molecular formula is C26H26FN3O3. The highest BCUT2D eigenvalue weighted by Crippen LogP contribution is 2.35. The maximum absolute atomic E-state index is 13.8. The van der Waals surface area contributed by atoms with E-state index >= 15 is 0 Å². The van der Waals surface area contributed by atoms with Crippen LogP contribution in [0, 0.1) is 12.7 Å². The zero-order valence-corrected chi connectivity index (χ0v) is 18.7. The summed E-state index contributed by atoms with van der Waals surface area (Å²) in [6, 6.07) is 15.5. The number of amides is 2. The Hall–Kier alpha value is -3.74. The van der Waals surface area contributed by atoms with Crippen LogP contribution in [-0.2, 0) is 22.7 Å². The number of rotatable bonds is 7. The molecule has 0 bridgehead atoms. The van der Waals surface area contributed by atoms with E-state index in [4.69, 9.17) is 4.74 Å². The summed E-state index contributed by atoms with van der Waals surface area (Å²) in [5.41, 5.74) is 3.07. The number of aromatic nitrogens is 1. The van der Waals surface area contributed by atoms with Gasteiger partial charge in [-0.3, -0.25) is 19.5 Å². The van der Waals surface area contributed by atoms with E-state index in [-0.39, 0.29) is 30.7 Å². The predicted octanol–water partition coefficient (Wildman–Crippen LogP) is 4.26. The fourth-order valence-corrected chi connectivity index (χ4v) is 3.89. The second-order valence-corrected chi connectivity index (χ2v) is 8.15. The minimum Gasteiger partial charge on any atom is -0.478 e. The number of pyridine rings is 1. The molecule has 0 fully saturated rings. The zero-order valence-electron chi connectivity index (χ0n) is 18.7. The van der Waals surface area contributed by atoms with E-state index < -0.39 is 6.10 Å². The lowest BCUT2D eigenvalue weighted by atomic mass is 10.1. The molecule has 1 aliphatic rings. The Labute approximate surface area is 192 Å². The van der Waals surface area contributed by atoms with Crippen molar-refractivity contribution in [2.75, 3.05) is 11.4 Å². The van der Waals surface area contributed by atoms with Crippen molar-refractivity contribution in [3.8, 4) is 5.75 Å². The SMILES string of the molecule is CC[C@@H]1Oc2ccc(C)cc2N(CC(=O)N(Cc2cccnc2)Cc2cccc(F)c2)C1=O. The Morgan fingerprint density at radius 1 is 1.12 bits per heavy atom. The van der Waals surface area contributed by atoms with Crippen LogP contribution in [0.25, 0.3) is 0 Å². The number of anilines is 1. The summed E-state index contributed by atoms with van der Waals surface area (Å²) in [5, 5.41) is 0. The molecule has 0 saturated carbocycles. The summed E-state index contributed by atoms with van der Waals surface area (Å²) in [6.07, 6.45) is 3.22. The fraction of sp³-hybridized carbons (Fsp3) is 0.269. The maximum Gasteiger partial charge on any atom is 0.268 e. The lowest BCUT2D eigenvalue weighted by molar-refractivity contribution is -0.134. The molecule has 0 spiro atoms. The standard InChI is InChI=1S/C26H26FN3O3/c1-3-23-26(32)30(22-12-18(2)9-10-24(22)33-23)17-25(31)29(16-20-7-5-11-28-14-20)15-19-6-4-8-21(27)13-19/h4-14,23H,3,15-17H2,1-2H3/t23-/m0/s1. The van der Waals surface area contributed by atoms with Crippen molar-refractivity contribution in [3.63, 3.8) is 0 Å². The molecule has 1 aromatic heterocycles. The van der Waals surface area contributed by atoms with Gasteiger partial charge in [0.05, 0.1) is 5.69 Å². The predicted molar refractivity (Wildman–Crippen MR) is 123 cm³/mol. The first-order chi connectivity index (χ1) is 15.9. The van der Waals surface area contributed by atoms with E-state index in [1.54, 1.807) is 35.5 Å². The molecule has 0 unspecified atom stereocenters. The highest BCUT2D eigenvalue weighted by Gasteiger charge is 2.35. The van der Waals surface area contributed by atoms with Crippen LogP contribution in [0.4, 0.5) is 10.1 Å². The summed E-state index contributed by atoms with van der Waals surface area (Å²) in [6.45, 7) is 4.17. The number of halogens is 1. The Morgan fingerprint density at radius 2 is 1.91 bits per heavy atom. The summed E-state index contributed by atoms with van der Waals surface area (Å²) < 4.78 is 19.6. The number of ether oxygens (including phenoxy) is 1. The average Bonchev–Trinajstić information content (AvgIpc) is 2.81. The van der Waals surface area contributed by atoms with Gasteiger partial charge in [0, 0.05) is 25.5 Å². The van der Waals surface area contributed by atoms with Gasteiger partial charge < -0.3 is 9.64 Å². The number of hydrogen-bond acceptors (Lipinski definition) is 4.